The number of aromatic nitrogens is 1. The van der Waals surface area contributed by atoms with Crippen molar-refractivity contribution in [2.24, 2.45) is 16.8 Å². The number of carbonyl (C=O) groups excluding carboxylic acids is 1. The Hall–Kier alpha value is -3.21. The van der Waals surface area contributed by atoms with Gasteiger partial charge in [-0.3, -0.25) is 9.79 Å². The van der Waals surface area contributed by atoms with Crippen molar-refractivity contribution in [3.63, 3.8) is 0 Å². The fourth-order valence-electron chi connectivity index (χ4n) is 5.81. The van der Waals surface area contributed by atoms with Crippen LogP contribution in [-0.4, -0.2) is 16.6 Å². The fourth-order valence-corrected chi connectivity index (χ4v) is 5.81. The third kappa shape index (κ3) is 3.97. The van der Waals surface area contributed by atoms with E-state index >= 15 is 0 Å². The summed E-state index contributed by atoms with van der Waals surface area (Å²) in [6.45, 7) is 2.01. The molecule has 3 aromatic rings. The predicted molar refractivity (Wildman–Crippen MR) is 135 cm³/mol. The van der Waals surface area contributed by atoms with Gasteiger partial charge in [0.15, 0.2) is 5.76 Å². The molecule has 1 aromatic heterocycles. The SMILES string of the molecule is Cc1c(NC(=O)C2CCCC2)cccc1-c1ncc(-c2ccc3c(c2)N=C(C2CCCC2)C3)o1. The lowest BCUT2D eigenvalue weighted by Crippen LogP contribution is -2.20. The number of hydrogen-bond acceptors (Lipinski definition) is 4. The van der Waals surface area contributed by atoms with Crippen molar-refractivity contribution in [2.75, 3.05) is 5.32 Å². The summed E-state index contributed by atoms with van der Waals surface area (Å²) >= 11 is 0. The molecule has 0 atom stereocenters. The van der Waals surface area contributed by atoms with Gasteiger partial charge in [-0.15, -0.1) is 0 Å². The van der Waals surface area contributed by atoms with Gasteiger partial charge >= 0.3 is 0 Å². The van der Waals surface area contributed by atoms with Gasteiger partial charge in [-0.2, -0.15) is 0 Å². The van der Waals surface area contributed by atoms with Crippen LogP contribution in [0.15, 0.2) is 52.0 Å². The zero-order valence-corrected chi connectivity index (χ0v) is 19.8. The van der Waals surface area contributed by atoms with Gasteiger partial charge in [0.05, 0.1) is 11.9 Å². The number of hydrogen-bond donors (Lipinski definition) is 1. The van der Waals surface area contributed by atoms with Gasteiger partial charge < -0.3 is 9.73 Å². The lowest BCUT2D eigenvalue weighted by atomic mass is 9.97. The summed E-state index contributed by atoms with van der Waals surface area (Å²) in [6, 6.07) is 12.3. The average molecular weight is 454 g/mol. The Balaban J connectivity index is 1.23. The number of nitrogens with one attached hydrogen (secondary N) is 1. The molecule has 2 aromatic carbocycles. The maximum Gasteiger partial charge on any atom is 0.227 e. The minimum Gasteiger partial charge on any atom is -0.436 e. The van der Waals surface area contributed by atoms with E-state index in [1.54, 1.807) is 6.20 Å². The highest BCUT2D eigenvalue weighted by Crippen LogP contribution is 2.38. The first kappa shape index (κ1) is 21.3. The van der Waals surface area contributed by atoms with Crippen molar-refractivity contribution in [3.05, 3.63) is 53.7 Å². The second kappa shape index (κ2) is 8.86. The molecule has 34 heavy (non-hydrogen) atoms. The first-order valence-electron chi connectivity index (χ1n) is 12.7. The highest BCUT2D eigenvalue weighted by molar-refractivity contribution is 5.96. The summed E-state index contributed by atoms with van der Waals surface area (Å²) in [4.78, 5) is 22.2. The zero-order chi connectivity index (χ0) is 23.1. The molecule has 174 valence electrons. The van der Waals surface area contributed by atoms with E-state index in [4.69, 9.17) is 9.41 Å². The van der Waals surface area contributed by atoms with Crippen LogP contribution in [0.25, 0.3) is 22.8 Å². The van der Waals surface area contributed by atoms with Gasteiger partial charge in [0.25, 0.3) is 0 Å². The van der Waals surface area contributed by atoms with Crippen LogP contribution in [0.3, 0.4) is 0 Å². The Morgan fingerprint density at radius 2 is 1.82 bits per heavy atom. The Morgan fingerprint density at radius 1 is 1.03 bits per heavy atom. The number of fused-ring (bicyclic) bond motifs is 1. The predicted octanol–water partition coefficient (Wildman–Crippen LogP) is 7.26. The summed E-state index contributed by atoms with van der Waals surface area (Å²) in [5.41, 5.74) is 7.45. The average Bonchev–Trinajstić information content (AvgIpc) is 3.66. The minimum absolute atomic E-state index is 0.126. The molecule has 2 heterocycles. The van der Waals surface area contributed by atoms with Crippen molar-refractivity contribution in [1.82, 2.24) is 4.98 Å². The molecule has 0 spiro atoms. The number of amides is 1. The van der Waals surface area contributed by atoms with Gasteiger partial charge in [0.1, 0.15) is 0 Å². The minimum atomic E-state index is 0.126. The van der Waals surface area contributed by atoms with E-state index in [9.17, 15) is 4.79 Å². The summed E-state index contributed by atoms with van der Waals surface area (Å²) in [5, 5.41) is 3.13. The van der Waals surface area contributed by atoms with Crippen LogP contribution < -0.4 is 5.32 Å². The van der Waals surface area contributed by atoms with Gasteiger partial charge in [0.2, 0.25) is 11.8 Å². The summed E-state index contributed by atoms with van der Waals surface area (Å²) in [7, 11) is 0. The van der Waals surface area contributed by atoms with E-state index in [2.05, 4.69) is 28.5 Å². The summed E-state index contributed by atoms with van der Waals surface area (Å²) in [6.07, 6.45) is 12.3. The third-order valence-electron chi connectivity index (χ3n) is 7.89. The lowest BCUT2D eigenvalue weighted by Gasteiger charge is -2.14. The number of rotatable bonds is 5. The molecule has 0 bridgehead atoms. The van der Waals surface area contributed by atoms with Gasteiger partial charge in [0, 0.05) is 34.9 Å². The number of anilines is 1. The highest BCUT2D eigenvalue weighted by Gasteiger charge is 2.26. The number of oxazole rings is 1. The van der Waals surface area contributed by atoms with Gasteiger partial charge in [-0.05, 0) is 67.9 Å². The molecule has 6 rings (SSSR count). The molecule has 1 amide bonds. The molecular weight excluding hydrogens is 422 g/mol. The van der Waals surface area contributed by atoms with E-state index in [-0.39, 0.29) is 11.8 Å². The molecule has 2 aliphatic carbocycles. The van der Waals surface area contributed by atoms with Crippen LogP contribution >= 0.6 is 0 Å². The maximum atomic E-state index is 12.6. The van der Waals surface area contributed by atoms with Crippen LogP contribution in [0.2, 0.25) is 0 Å². The molecule has 5 nitrogen and oxygen atoms in total. The summed E-state index contributed by atoms with van der Waals surface area (Å²) in [5.74, 6) is 2.23. The molecular formula is C29H31N3O2. The first-order chi connectivity index (χ1) is 16.7. The van der Waals surface area contributed by atoms with E-state index in [0.29, 0.717) is 11.8 Å². The fraction of sp³-hybridized carbons (Fsp3) is 0.414. The number of carbonyl (C=O) groups is 1. The molecule has 0 saturated heterocycles. The number of benzene rings is 2. The topological polar surface area (TPSA) is 67.5 Å². The second-order valence-corrected chi connectivity index (χ2v) is 10.1. The summed E-state index contributed by atoms with van der Waals surface area (Å²) < 4.78 is 6.21. The normalized spacial score (nSPS) is 18.3. The molecule has 0 unspecified atom stereocenters. The van der Waals surface area contributed by atoms with Crippen LogP contribution in [0, 0.1) is 18.8 Å². The third-order valence-corrected chi connectivity index (χ3v) is 7.89. The smallest absolute Gasteiger partial charge is 0.227 e. The maximum absolute atomic E-state index is 12.6. The van der Waals surface area contributed by atoms with Crippen molar-refractivity contribution >= 4 is 23.0 Å². The van der Waals surface area contributed by atoms with Gasteiger partial charge in [-0.25, -0.2) is 4.98 Å². The monoisotopic (exact) mass is 453 g/mol. The quantitative estimate of drug-likeness (QED) is 0.442. The molecule has 1 aliphatic heterocycles. The van der Waals surface area contributed by atoms with E-state index < -0.39 is 0 Å². The molecule has 2 fully saturated rings. The molecule has 0 radical (unpaired) electrons. The molecule has 1 N–H and O–H groups in total. The van der Waals surface area contributed by atoms with Crippen LogP contribution in [0.1, 0.15) is 62.5 Å². The second-order valence-electron chi connectivity index (χ2n) is 10.1. The van der Waals surface area contributed by atoms with Gasteiger partial charge in [-0.1, -0.05) is 43.9 Å². The number of nitrogens with zero attached hydrogens (tertiary/aromatic N) is 2. The standard InChI is InChI=1S/C29H31N3O2/c1-18-23(11-6-12-24(18)32-28(33)20-9-4-5-10-20)29-30-17-27(34-29)22-14-13-21-15-25(31-26(21)16-22)19-7-2-3-8-19/h6,11-14,16-17,19-20H,2-5,7-10,15H2,1H3,(H,32,33). The van der Waals surface area contributed by atoms with Crippen LogP contribution in [-0.2, 0) is 11.2 Å². The van der Waals surface area contributed by atoms with Crippen molar-refractivity contribution < 1.29 is 9.21 Å². The van der Waals surface area contributed by atoms with E-state index in [1.807, 2.05) is 25.1 Å². The zero-order valence-electron chi connectivity index (χ0n) is 19.8. The molecule has 3 aliphatic rings. The Bertz CT molecular complexity index is 1260. The Labute approximate surface area is 200 Å². The van der Waals surface area contributed by atoms with E-state index in [0.717, 1.165) is 65.9 Å². The Kier molecular flexibility index (Phi) is 5.56. The van der Waals surface area contributed by atoms with E-state index in [1.165, 1.54) is 37.0 Å². The molecule has 2 saturated carbocycles. The first-order valence-corrected chi connectivity index (χ1v) is 12.7. The van der Waals surface area contributed by atoms with Crippen LogP contribution in [0.5, 0.6) is 0 Å². The van der Waals surface area contributed by atoms with Crippen molar-refractivity contribution in [3.8, 4) is 22.8 Å². The highest BCUT2D eigenvalue weighted by atomic mass is 16.4. The number of aliphatic imine (C=N–C) groups is 1. The van der Waals surface area contributed by atoms with Crippen LogP contribution in [0.4, 0.5) is 11.4 Å². The lowest BCUT2D eigenvalue weighted by molar-refractivity contribution is -0.119. The molecule has 5 heteroatoms. The Morgan fingerprint density at radius 3 is 2.65 bits per heavy atom. The van der Waals surface area contributed by atoms with Crippen molar-refractivity contribution in [1.29, 1.82) is 0 Å². The van der Waals surface area contributed by atoms with Crippen molar-refractivity contribution in [2.45, 2.75) is 64.7 Å². The largest absolute Gasteiger partial charge is 0.436 e.